The highest BCUT2D eigenvalue weighted by molar-refractivity contribution is 7.14. The van der Waals surface area contributed by atoms with Crippen molar-refractivity contribution in [2.45, 2.75) is 13.3 Å². The third-order valence-electron chi connectivity index (χ3n) is 4.64. The Morgan fingerprint density at radius 3 is 2.30 bits per heavy atom. The fourth-order valence-corrected chi connectivity index (χ4v) is 3.82. The van der Waals surface area contributed by atoms with Gasteiger partial charge in [0, 0.05) is 23.1 Å². The molecule has 0 bridgehead atoms. The summed E-state index contributed by atoms with van der Waals surface area (Å²) in [7, 11) is 5.73. The lowest BCUT2D eigenvalue weighted by molar-refractivity contribution is 0.0986. The number of benzene rings is 2. The first-order chi connectivity index (χ1) is 14.0. The largest absolute Gasteiger partial charge is 0.497 e. The third-order valence-corrected chi connectivity index (χ3v) is 5.50. The summed E-state index contributed by atoms with van der Waals surface area (Å²) in [6.07, 6.45) is 0.877. The molecule has 0 fully saturated rings. The Bertz CT molecular complexity index is 940. The predicted octanol–water partition coefficient (Wildman–Crippen LogP) is 5.15. The van der Waals surface area contributed by atoms with Gasteiger partial charge in [-0.05, 0) is 70.4 Å². The van der Waals surface area contributed by atoms with Gasteiger partial charge >= 0.3 is 0 Å². The van der Waals surface area contributed by atoms with Crippen molar-refractivity contribution >= 4 is 34.8 Å². The first-order valence-corrected chi connectivity index (χ1v) is 10.5. The van der Waals surface area contributed by atoms with Crippen LogP contribution in [0.4, 0.5) is 5.13 Å². The van der Waals surface area contributed by atoms with Gasteiger partial charge in [-0.2, -0.15) is 0 Å². The van der Waals surface area contributed by atoms with Crippen molar-refractivity contribution < 1.29 is 9.53 Å². The number of aromatic nitrogens is 1. The monoisotopic (exact) mass is 445 g/mol. The van der Waals surface area contributed by atoms with Crippen molar-refractivity contribution in [3.05, 3.63) is 65.0 Å². The number of hydrogen-bond donors (Lipinski definition) is 0. The van der Waals surface area contributed by atoms with Crippen molar-refractivity contribution in [2.24, 2.45) is 0 Å². The highest BCUT2D eigenvalue weighted by Gasteiger charge is 2.21. The van der Waals surface area contributed by atoms with Crippen LogP contribution in [0.3, 0.4) is 0 Å². The van der Waals surface area contributed by atoms with E-state index in [9.17, 15) is 4.79 Å². The molecule has 160 valence electrons. The quantitative estimate of drug-likeness (QED) is 0.481. The number of halogens is 1. The van der Waals surface area contributed by atoms with Gasteiger partial charge in [0.15, 0.2) is 5.13 Å². The summed E-state index contributed by atoms with van der Waals surface area (Å²) in [6, 6.07) is 15.5. The number of hydrogen-bond acceptors (Lipinski definition) is 5. The van der Waals surface area contributed by atoms with E-state index in [-0.39, 0.29) is 18.3 Å². The average molecular weight is 446 g/mol. The first-order valence-electron chi connectivity index (χ1n) is 9.61. The second kappa shape index (κ2) is 11.1. The molecule has 5 nitrogen and oxygen atoms in total. The van der Waals surface area contributed by atoms with Crippen LogP contribution in [0.15, 0.2) is 53.9 Å². The molecule has 0 atom stereocenters. The zero-order valence-corrected chi connectivity index (χ0v) is 19.4. The van der Waals surface area contributed by atoms with Crippen LogP contribution in [-0.4, -0.2) is 50.1 Å². The smallest absolute Gasteiger partial charge is 0.260 e. The Morgan fingerprint density at radius 1 is 1.03 bits per heavy atom. The number of ether oxygens (including phenoxy) is 1. The van der Waals surface area contributed by atoms with Crippen LogP contribution in [0.1, 0.15) is 22.3 Å². The highest BCUT2D eigenvalue weighted by Crippen LogP contribution is 2.29. The van der Waals surface area contributed by atoms with Gasteiger partial charge in [-0.3, -0.25) is 9.69 Å². The minimum absolute atomic E-state index is 0. The molecular weight excluding hydrogens is 418 g/mol. The Labute approximate surface area is 188 Å². The van der Waals surface area contributed by atoms with Crippen LogP contribution >= 0.6 is 23.7 Å². The SMILES string of the molecule is COc1ccc(-c2csc(N(CCCN(C)C)C(=O)c3ccc(C)cc3)n2)cc1.Cl. The second-order valence-corrected chi connectivity index (χ2v) is 8.06. The van der Waals surface area contributed by atoms with E-state index < -0.39 is 0 Å². The number of nitrogens with zero attached hydrogens (tertiary/aromatic N) is 3. The Balaban J connectivity index is 0.00000320. The fourth-order valence-electron chi connectivity index (χ4n) is 2.96. The van der Waals surface area contributed by atoms with Crippen molar-refractivity contribution in [2.75, 3.05) is 39.2 Å². The van der Waals surface area contributed by atoms with E-state index >= 15 is 0 Å². The number of thiazole rings is 1. The zero-order valence-electron chi connectivity index (χ0n) is 17.8. The predicted molar refractivity (Wildman–Crippen MR) is 127 cm³/mol. The number of amides is 1. The number of carbonyl (C=O) groups is 1. The van der Waals surface area contributed by atoms with Gasteiger partial charge in [-0.25, -0.2) is 4.98 Å². The van der Waals surface area contributed by atoms with Gasteiger partial charge in [0.2, 0.25) is 0 Å². The number of methoxy groups -OCH3 is 1. The number of carbonyl (C=O) groups excluding carboxylic acids is 1. The summed E-state index contributed by atoms with van der Waals surface area (Å²) in [5, 5.41) is 2.72. The Kier molecular flexibility index (Phi) is 8.84. The molecule has 0 spiro atoms. The molecule has 0 aliphatic heterocycles. The van der Waals surface area contributed by atoms with E-state index in [1.807, 2.05) is 74.9 Å². The van der Waals surface area contributed by atoms with E-state index in [4.69, 9.17) is 9.72 Å². The molecule has 3 rings (SSSR count). The van der Waals surface area contributed by atoms with E-state index in [1.165, 1.54) is 11.3 Å². The van der Waals surface area contributed by atoms with Crippen LogP contribution in [0.25, 0.3) is 11.3 Å². The summed E-state index contributed by atoms with van der Waals surface area (Å²) < 4.78 is 5.23. The molecule has 0 aliphatic carbocycles. The molecule has 1 aromatic heterocycles. The minimum Gasteiger partial charge on any atom is -0.497 e. The maximum Gasteiger partial charge on any atom is 0.260 e. The number of aryl methyl sites for hydroxylation is 1. The topological polar surface area (TPSA) is 45.7 Å². The van der Waals surface area contributed by atoms with Crippen molar-refractivity contribution in [1.82, 2.24) is 9.88 Å². The van der Waals surface area contributed by atoms with Crippen LogP contribution < -0.4 is 9.64 Å². The lowest BCUT2D eigenvalue weighted by Gasteiger charge is -2.21. The van der Waals surface area contributed by atoms with Gasteiger partial charge in [0.05, 0.1) is 12.8 Å². The highest BCUT2D eigenvalue weighted by atomic mass is 35.5. The molecule has 1 heterocycles. The van der Waals surface area contributed by atoms with E-state index in [0.29, 0.717) is 12.1 Å². The van der Waals surface area contributed by atoms with Crippen molar-refractivity contribution in [1.29, 1.82) is 0 Å². The molecule has 0 aliphatic rings. The third kappa shape index (κ3) is 6.05. The molecule has 0 saturated carbocycles. The van der Waals surface area contributed by atoms with Gasteiger partial charge in [0.1, 0.15) is 5.75 Å². The molecule has 2 aromatic carbocycles. The normalized spacial score (nSPS) is 10.6. The molecule has 7 heteroatoms. The van der Waals surface area contributed by atoms with Crippen LogP contribution in [0.2, 0.25) is 0 Å². The second-order valence-electron chi connectivity index (χ2n) is 7.22. The van der Waals surface area contributed by atoms with E-state index in [0.717, 1.165) is 40.7 Å². The molecule has 0 N–H and O–H groups in total. The molecule has 1 amide bonds. The summed E-state index contributed by atoms with van der Waals surface area (Å²) in [5.41, 5.74) is 3.68. The fraction of sp³-hybridized carbons (Fsp3) is 0.304. The summed E-state index contributed by atoms with van der Waals surface area (Å²) in [5.74, 6) is 0.795. The van der Waals surface area contributed by atoms with E-state index in [2.05, 4.69) is 4.90 Å². The first kappa shape index (κ1) is 23.9. The molecule has 0 saturated heterocycles. The van der Waals surface area contributed by atoms with Gasteiger partial charge < -0.3 is 9.64 Å². The van der Waals surface area contributed by atoms with Crippen molar-refractivity contribution in [3.8, 4) is 17.0 Å². The van der Waals surface area contributed by atoms with Gasteiger partial charge in [-0.15, -0.1) is 23.7 Å². The Hall–Kier alpha value is -2.41. The maximum absolute atomic E-state index is 13.2. The average Bonchev–Trinajstić information content (AvgIpc) is 3.21. The molecule has 3 aromatic rings. The molecule has 0 radical (unpaired) electrons. The summed E-state index contributed by atoms with van der Waals surface area (Å²) in [4.78, 5) is 21.9. The number of anilines is 1. The standard InChI is InChI=1S/C23H27N3O2S.ClH/c1-17-6-8-19(9-7-17)22(27)26(15-5-14-25(2)3)23-24-21(16-29-23)18-10-12-20(28-4)13-11-18;/h6-13,16H,5,14-15H2,1-4H3;1H. The van der Waals surface area contributed by atoms with Gasteiger partial charge in [-0.1, -0.05) is 17.7 Å². The van der Waals surface area contributed by atoms with Crippen molar-refractivity contribution in [3.63, 3.8) is 0 Å². The molecule has 30 heavy (non-hydrogen) atoms. The Morgan fingerprint density at radius 2 is 1.70 bits per heavy atom. The van der Waals surface area contributed by atoms with Crippen LogP contribution in [0.5, 0.6) is 5.75 Å². The summed E-state index contributed by atoms with van der Waals surface area (Å²) >= 11 is 1.50. The van der Waals surface area contributed by atoms with Gasteiger partial charge in [0.25, 0.3) is 5.91 Å². The van der Waals surface area contributed by atoms with Crippen LogP contribution in [-0.2, 0) is 0 Å². The molecule has 0 unspecified atom stereocenters. The molecular formula is C23H28ClN3O2S. The lowest BCUT2D eigenvalue weighted by atomic mass is 10.1. The number of rotatable bonds is 8. The van der Waals surface area contributed by atoms with Crippen LogP contribution in [0, 0.1) is 6.92 Å². The zero-order chi connectivity index (χ0) is 20.8. The maximum atomic E-state index is 13.2. The summed E-state index contributed by atoms with van der Waals surface area (Å²) in [6.45, 7) is 3.56. The lowest BCUT2D eigenvalue weighted by Crippen LogP contribution is -2.33. The van der Waals surface area contributed by atoms with E-state index in [1.54, 1.807) is 12.0 Å². The minimum atomic E-state index is -0.0145.